The maximum absolute atomic E-state index is 10.7. The zero-order chi connectivity index (χ0) is 11.3. The summed E-state index contributed by atoms with van der Waals surface area (Å²) < 4.78 is 0. The topological polar surface area (TPSA) is 62.8 Å². The van der Waals surface area contributed by atoms with Crippen molar-refractivity contribution in [2.45, 2.75) is 6.92 Å². The number of nitrogens with two attached hydrogens (primary N) is 1. The van der Waals surface area contributed by atoms with Gasteiger partial charge in [-0.25, -0.2) is 0 Å². The highest BCUT2D eigenvalue weighted by atomic mass is 32.1. The van der Waals surface area contributed by atoms with Crippen LogP contribution in [0.15, 0.2) is 0 Å². The summed E-state index contributed by atoms with van der Waals surface area (Å²) in [6.45, 7) is 6.96. The van der Waals surface area contributed by atoms with Gasteiger partial charge in [0.15, 0.2) is 11.7 Å². The zero-order valence-corrected chi connectivity index (χ0v) is 9.90. The molecule has 1 aliphatic rings. The lowest BCUT2D eigenvalue weighted by atomic mass is 10.3. The SMILES string of the molecule is CCNC(=S)N1CC[NH+](CC(N)=O)CC1. The van der Waals surface area contributed by atoms with Gasteiger partial charge >= 0.3 is 0 Å². The van der Waals surface area contributed by atoms with Crippen molar-refractivity contribution < 1.29 is 9.69 Å². The monoisotopic (exact) mass is 231 g/mol. The standard InChI is InChI=1S/C9H18N4OS/c1-2-11-9(15)13-5-3-12(4-6-13)7-8(10)14/h2-7H2,1H3,(H2,10,14)(H,11,15)/p+1. The van der Waals surface area contributed by atoms with E-state index in [2.05, 4.69) is 10.2 Å². The van der Waals surface area contributed by atoms with Crippen LogP contribution in [0.1, 0.15) is 6.92 Å². The van der Waals surface area contributed by atoms with Gasteiger partial charge in [0.05, 0.1) is 26.2 Å². The van der Waals surface area contributed by atoms with Crippen LogP contribution in [-0.4, -0.2) is 55.2 Å². The minimum absolute atomic E-state index is 0.229. The number of thiocarbonyl (C=S) groups is 1. The Morgan fingerprint density at radius 1 is 1.53 bits per heavy atom. The number of rotatable bonds is 3. The Hall–Kier alpha value is -0.880. The fourth-order valence-corrected chi connectivity index (χ4v) is 2.04. The van der Waals surface area contributed by atoms with Gasteiger partial charge in [-0.2, -0.15) is 0 Å². The second kappa shape index (κ2) is 5.87. The van der Waals surface area contributed by atoms with Gasteiger partial charge in [-0.3, -0.25) is 4.79 Å². The number of primary amides is 1. The molecule has 15 heavy (non-hydrogen) atoms. The van der Waals surface area contributed by atoms with Gasteiger partial charge in [0.2, 0.25) is 0 Å². The lowest BCUT2D eigenvalue weighted by molar-refractivity contribution is -0.895. The molecule has 0 atom stereocenters. The number of nitrogens with zero attached hydrogens (tertiary/aromatic N) is 1. The molecule has 1 aliphatic heterocycles. The van der Waals surface area contributed by atoms with Gasteiger partial charge in [-0.15, -0.1) is 0 Å². The molecule has 4 N–H and O–H groups in total. The molecule has 0 aromatic heterocycles. The molecule has 1 saturated heterocycles. The molecule has 0 spiro atoms. The lowest BCUT2D eigenvalue weighted by Gasteiger charge is -2.33. The van der Waals surface area contributed by atoms with E-state index in [1.165, 1.54) is 4.90 Å². The molecule has 0 unspecified atom stereocenters. The third-order valence-corrected chi connectivity index (χ3v) is 2.91. The van der Waals surface area contributed by atoms with Crippen molar-refractivity contribution in [1.29, 1.82) is 0 Å². The van der Waals surface area contributed by atoms with E-state index < -0.39 is 0 Å². The minimum Gasteiger partial charge on any atom is -0.365 e. The number of hydrogen-bond acceptors (Lipinski definition) is 2. The van der Waals surface area contributed by atoms with Crippen LogP contribution in [-0.2, 0) is 4.79 Å². The van der Waals surface area contributed by atoms with Crippen LogP contribution in [0.2, 0.25) is 0 Å². The Kier molecular flexibility index (Phi) is 4.77. The molecule has 0 aromatic carbocycles. The van der Waals surface area contributed by atoms with Gasteiger partial charge in [0, 0.05) is 6.54 Å². The third-order valence-electron chi connectivity index (χ3n) is 2.51. The van der Waals surface area contributed by atoms with Crippen LogP contribution in [0.4, 0.5) is 0 Å². The van der Waals surface area contributed by atoms with E-state index in [9.17, 15) is 4.79 Å². The quantitative estimate of drug-likeness (QED) is 0.473. The molecule has 0 aliphatic carbocycles. The Balaban J connectivity index is 2.29. The summed E-state index contributed by atoms with van der Waals surface area (Å²) in [4.78, 5) is 14.1. The number of amides is 1. The van der Waals surface area contributed by atoms with Crippen LogP contribution in [0, 0.1) is 0 Å². The highest BCUT2D eigenvalue weighted by Gasteiger charge is 2.22. The van der Waals surface area contributed by atoms with Crippen LogP contribution in [0.3, 0.4) is 0 Å². The number of piperazine rings is 1. The van der Waals surface area contributed by atoms with Crippen molar-refractivity contribution in [2.75, 3.05) is 39.3 Å². The largest absolute Gasteiger partial charge is 0.365 e. The first-order valence-electron chi connectivity index (χ1n) is 5.28. The molecule has 86 valence electrons. The summed E-state index contributed by atoms with van der Waals surface area (Å²) in [5.41, 5.74) is 5.15. The number of hydrogen-bond donors (Lipinski definition) is 3. The summed E-state index contributed by atoms with van der Waals surface area (Å²) >= 11 is 5.21. The molecule has 0 saturated carbocycles. The summed E-state index contributed by atoms with van der Waals surface area (Å²) in [7, 11) is 0. The van der Waals surface area contributed by atoms with E-state index >= 15 is 0 Å². The maximum atomic E-state index is 10.7. The molecule has 1 heterocycles. The van der Waals surface area contributed by atoms with Crippen LogP contribution >= 0.6 is 12.2 Å². The van der Waals surface area contributed by atoms with Crippen molar-refractivity contribution in [3.05, 3.63) is 0 Å². The van der Waals surface area contributed by atoms with E-state index in [1.807, 2.05) is 6.92 Å². The zero-order valence-electron chi connectivity index (χ0n) is 9.08. The summed E-state index contributed by atoms with van der Waals surface area (Å²) in [6.07, 6.45) is 0. The number of carbonyl (C=O) groups is 1. The smallest absolute Gasteiger partial charge is 0.272 e. The average molecular weight is 231 g/mol. The Bertz CT molecular complexity index is 238. The van der Waals surface area contributed by atoms with E-state index in [0.29, 0.717) is 6.54 Å². The average Bonchev–Trinajstić information content (AvgIpc) is 2.18. The molecule has 0 aromatic rings. The molecule has 6 heteroatoms. The van der Waals surface area contributed by atoms with Gasteiger partial charge < -0.3 is 20.9 Å². The highest BCUT2D eigenvalue weighted by Crippen LogP contribution is 1.90. The molecular formula is C9H19N4OS+. The highest BCUT2D eigenvalue weighted by molar-refractivity contribution is 7.80. The number of nitrogens with one attached hydrogen (secondary N) is 2. The van der Waals surface area contributed by atoms with Crippen molar-refractivity contribution >= 4 is 23.2 Å². The first kappa shape index (κ1) is 12.2. The predicted octanol–water partition coefficient (Wildman–Crippen LogP) is -2.43. The van der Waals surface area contributed by atoms with Gasteiger partial charge in [-0.05, 0) is 19.1 Å². The fraction of sp³-hybridized carbons (Fsp3) is 0.778. The molecule has 1 rings (SSSR count). The van der Waals surface area contributed by atoms with Gasteiger partial charge in [-0.1, -0.05) is 0 Å². The van der Waals surface area contributed by atoms with Crippen LogP contribution < -0.4 is 16.0 Å². The number of carbonyl (C=O) groups excluding carboxylic acids is 1. The van der Waals surface area contributed by atoms with E-state index in [-0.39, 0.29) is 5.91 Å². The normalized spacial score (nSPS) is 17.5. The maximum Gasteiger partial charge on any atom is 0.272 e. The first-order valence-corrected chi connectivity index (χ1v) is 5.69. The second-order valence-corrected chi connectivity index (χ2v) is 4.10. The molecule has 1 amide bonds. The van der Waals surface area contributed by atoms with E-state index in [4.69, 9.17) is 18.0 Å². The van der Waals surface area contributed by atoms with Crippen molar-refractivity contribution in [3.63, 3.8) is 0 Å². The third kappa shape index (κ3) is 4.01. The summed E-state index contributed by atoms with van der Waals surface area (Å²) in [6, 6.07) is 0. The van der Waals surface area contributed by atoms with Crippen LogP contribution in [0.25, 0.3) is 0 Å². The molecular weight excluding hydrogens is 212 g/mol. The fourth-order valence-electron chi connectivity index (χ4n) is 1.71. The van der Waals surface area contributed by atoms with Crippen molar-refractivity contribution in [1.82, 2.24) is 10.2 Å². The second-order valence-electron chi connectivity index (χ2n) is 3.72. The molecule has 0 radical (unpaired) electrons. The molecule has 1 fully saturated rings. The van der Waals surface area contributed by atoms with E-state index in [0.717, 1.165) is 37.8 Å². The minimum atomic E-state index is -0.229. The lowest BCUT2D eigenvalue weighted by Crippen LogP contribution is -3.15. The Morgan fingerprint density at radius 3 is 2.60 bits per heavy atom. The van der Waals surface area contributed by atoms with Gasteiger partial charge in [0.1, 0.15) is 0 Å². The molecule has 0 bridgehead atoms. The number of quaternary nitrogens is 1. The Morgan fingerprint density at radius 2 is 2.13 bits per heavy atom. The van der Waals surface area contributed by atoms with Crippen molar-refractivity contribution in [3.8, 4) is 0 Å². The van der Waals surface area contributed by atoms with Gasteiger partial charge in [0.25, 0.3) is 5.91 Å². The summed E-state index contributed by atoms with van der Waals surface area (Å²) in [5, 5.41) is 3.94. The summed E-state index contributed by atoms with van der Waals surface area (Å²) in [5.74, 6) is -0.229. The van der Waals surface area contributed by atoms with E-state index in [1.54, 1.807) is 0 Å². The Labute approximate surface area is 95.6 Å². The van der Waals surface area contributed by atoms with Crippen LogP contribution in [0.5, 0.6) is 0 Å². The first-order chi connectivity index (χ1) is 7.13. The van der Waals surface area contributed by atoms with Crippen molar-refractivity contribution in [2.24, 2.45) is 5.73 Å². The predicted molar refractivity (Wildman–Crippen MR) is 62.6 cm³/mol. The molecule has 5 nitrogen and oxygen atoms in total.